The number of aryl methyl sites for hydroxylation is 1. The van der Waals surface area contributed by atoms with Crippen LogP contribution in [0.15, 0.2) is 17.2 Å². The normalized spacial score (nSPS) is 18.3. The standard InChI is InChI=1S/C15H23N3O6S/c1-17-10-11(9-13(17)15(20)24-3)25(21,22)18-7-4-5-12(18)14(19)16-6-8-23-2/h9-10,12H,4-8H2,1-3H3,(H,16,19)/t12-/m1/s1. The maximum atomic E-state index is 12.9. The smallest absolute Gasteiger partial charge is 0.354 e. The molecule has 1 aromatic heterocycles. The molecule has 0 saturated carbocycles. The zero-order valence-electron chi connectivity index (χ0n) is 14.5. The highest BCUT2D eigenvalue weighted by molar-refractivity contribution is 7.89. The second-order valence-electron chi connectivity index (χ2n) is 5.72. The Kier molecular flexibility index (Phi) is 6.20. The molecule has 9 nitrogen and oxygen atoms in total. The van der Waals surface area contributed by atoms with Gasteiger partial charge in [-0.05, 0) is 18.9 Å². The van der Waals surface area contributed by atoms with Crippen molar-refractivity contribution in [3.8, 4) is 0 Å². The van der Waals surface area contributed by atoms with E-state index in [1.807, 2.05) is 0 Å². The van der Waals surface area contributed by atoms with Gasteiger partial charge in [0.05, 0.1) is 13.7 Å². The molecule has 1 aliphatic rings. The molecule has 0 bridgehead atoms. The fraction of sp³-hybridized carbons (Fsp3) is 0.600. The van der Waals surface area contributed by atoms with Gasteiger partial charge in [-0.1, -0.05) is 0 Å². The Morgan fingerprint density at radius 2 is 2.08 bits per heavy atom. The summed E-state index contributed by atoms with van der Waals surface area (Å²) in [5.41, 5.74) is 0.126. The molecule has 25 heavy (non-hydrogen) atoms. The van der Waals surface area contributed by atoms with Gasteiger partial charge >= 0.3 is 5.97 Å². The van der Waals surface area contributed by atoms with Crippen LogP contribution in [0.5, 0.6) is 0 Å². The topological polar surface area (TPSA) is 107 Å². The van der Waals surface area contributed by atoms with E-state index in [0.29, 0.717) is 26.0 Å². The van der Waals surface area contributed by atoms with Crippen LogP contribution in [0.25, 0.3) is 0 Å². The average molecular weight is 373 g/mol. The Labute approximate surface area is 146 Å². The minimum absolute atomic E-state index is 0.0352. The van der Waals surface area contributed by atoms with Crippen molar-refractivity contribution in [1.82, 2.24) is 14.2 Å². The van der Waals surface area contributed by atoms with Crippen LogP contribution in [0.1, 0.15) is 23.3 Å². The lowest BCUT2D eigenvalue weighted by Gasteiger charge is -2.22. The number of esters is 1. The van der Waals surface area contributed by atoms with Crippen molar-refractivity contribution in [1.29, 1.82) is 0 Å². The average Bonchev–Trinajstić information content (AvgIpc) is 3.21. The first kappa shape index (κ1) is 19.4. The summed E-state index contributed by atoms with van der Waals surface area (Å²) in [6.07, 6.45) is 2.40. The molecule has 0 aliphatic carbocycles. The maximum Gasteiger partial charge on any atom is 0.354 e. The van der Waals surface area contributed by atoms with E-state index in [-0.39, 0.29) is 23.0 Å². The third-order valence-electron chi connectivity index (χ3n) is 4.09. The zero-order valence-corrected chi connectivity index (χ0v) is 15.3. The highest BCUT2D eigenvalue weighted by Gasteiger charge is 2.40. The lowest BCUT2D eigenvalue weighted by Crippen LogP contribution is -2.46. The van der Waals surface area contributed by atoms with Gasteiger partial charge in [-0.15, -0.1) is 0 Å². The molecule has 1 aliphatic heterocycles. The number of carbonyl (C=O) groups is 2. The molecule has 0 unspecified atom stereocenters. The lowest BCUT2D eigenvalue weighted by molar-refractivity contribution is -0.124. The van der Waals surface area contributed by atoms with Gasteiger partial charge < -0.3 is 19.4 Å². The number of rotatable bonds is 7. The first-order valence-electron chi connectivity index (χ1n) is 7.86. The molecule has 140 valence electrons. The summed E-state index contributed by atoms with van der Waals surface area (Å²) in [6, 6.07) is 0.503. The van der Waals surface area contributed by atoms with Crippen LogP contribution in [-0.2, 0) is 31.3 Å². The summed E-state index contributed by atoms with van der Waals surface area (Å²) < 4.78 is 37.9. The van der Waals surface area contributed by atoms with Crippen molar-refractivity contribution in [2.24, 2.45) is 7.05 Å². The van der Waals surface area contributed by atoms with Gasteiger partial charge in [0.15, 0.2) is 0 Å². The fourth-order valence-electron chi connectivity index (χ4n) is 2.80. The van der Waals surface area contributed by atoms with E-state index in [1.54, 1.807) is 7.05 Å². The van der Waals surface area contributed by atoms with Crippen molar-refractivity contribution in [2.45, 2.75) is 23.8 Å². The summed E-state index contributed by atoms with van der Waals surface area (Å²) in [5.74, 6) is -0.971. The van der Waals surface area contributed by atoms with E-state index >= 15 is 0 Å². The van der Waals surface area contributed by atoms with Crippen molar-refractivity contribution in [2.75, 3.05) is 33.9 Å². The minimum atomic E-state index is -3.89. The van der Waals surface area contributed by atoms with Gasteiger partial charge in [0.1, 0.15) is 16.6 Å². The summed E-state index contributed by atoms with van der Waals surface area (Å²) in [5, 5.41) is 2.67. The molecule has 10 heteroatoms. The quantitative estimate of drug-likeness (QED) is 0.521. The van der Waals surface area contributed by atoms with Crippen molar-refractivity contribution in [3.63, 3.8) is 0 Å². The van der Waals surface area contributed by atoms with Crippen LogP contribution in [0.2, 0.25) is 0 Å². The number of nitrogens with one attached hydrogen (secondary N) is 1. The Hall–Kier alpha value is -1.91. The van der Waals surface area contributed by atoms with E-state index in [0.717, 1.165) is 0 Å². The summed E-state index contributed by atoms with van der Waals surface area (Å²) in [4.78, 5) is 23.9. The Morgan fingerprint density at radius 1 is 1.36 bits per heavy atom. The van der Waals surface area contributed by atoms with Gasteiger partial charge in [0, 0.05) is 33.4 Å². The van der Waals surface area contributed by atoms with Gasteiger partial charge in [-0.25, -0.2) is 13.2 Å². The number of nitrogens with zero attached hydrogens (tertiary/aromatic N) is 2. The first-order valence-corrected chi connectivity index (χ1v) is 9.30. The molecule has 2 rings (SSSR count). The van der Waals surface area contributed by atoms with E-state index in [9.17, 15) is 18.0 Å². The molecule has 0 radical (unpaired) electrons. The first-order chi connectivity index (χ1) is 11.8. The monoisotopic (exact) mass is 373 g/mol. The number of hydrogen-bond acceptors (Lipinski definition) is 6. The Bertz CT molecular complexity index is 742. The van der Waals surface area contributed by atoms with Crippen LogP contribution in [0.4, 0.5) is 0 Å². The van der Waals surface area contributed by atoms with E-state index in [2.05, 4.69) is 10.1 Å². The van der Waals surface area contributed by atoms with Gasteiger partial charge in [-0.3, -0.25) is 4.79 Å². The van der Waals surface area contributed by atoms with Crippen molar-refractivity contribution < 1.29 is 27.5 Å². The molecule has 1 fully saturated rings. The second-order valence-corrected chi connectivity index (χ2v) is 7.61. The van der Waals surface area contributed by atoms with E-state index in [1.165, 1.54) is 35.4 Å². The third-order valence-corrected chi connectivity index (χ3v) is 5.97. The van der Waals surface area contributed by atoms with Crippen LogP contribution in [0, 0.1) is 0 Å². The Morgan fingerprint density at radius 3 is 2.72 bits per heavy atom. The highest BCUT2D eigenvalue weighted by atomic mass is 32.2. The van der Waals surface area contributed by atoms with Crippen molar-refractivity contribution in [3.05, 3.63) is 18.0 Å². The summed E-state index contributed by atoms with van der Waals surface area (Å²) >= 11 is 0. The molecular weight excluding hydrogens is 350 g/mol. The largest absolute Gasteiger partial charge is 0.464 e. The fourth-order valence-corrected chi connectivity index (χ4v) is 4.53. The molecule has 2 heterocycles. The molecule has 1 aromatic rings. The zero-order chi connectivity index (χ0) is 18.6. The van der Waals surface area contributed by atoms with E-state index in [4.69, 9.17) is 4.74 Å². The number of carbonyl (C=O) groups excluding carboxylic acids is 2. The van der Waals surface area contributed by atoms with Crippen LogP contribution < -0.4 is 5.32 Å². The number of methoxy groups -OCH3 is 2. The predicted octanol–water partition coefficient (Wildman–Crippen LogP) is -0.273. The van der Waals surface area contributed by atoms with Gasteiger partial charge in [0.25, 0.3) is 0 Å². The molecular formula is C15H23N3O6S. The van der Waals surface area contributed by atoms with Crippen LogP contribution >= 0.6 is 0 Å². The van der Waals surface area contributed by atoms with Crippen LogP contribution in [0.3, 0.4) is 0 Å². The number of hydrogen-bond donors (Lipinski definition) is 1. The molecule has 1 saturated heterocycles. The summed E-state index contributed by atoms with van der Waals surface area (Å²) in [6.45, 7) is 0.928. The minimum Gasteiger partial charge on any atom is -0.464 e. The predicted molar refractivity (Wildman–Crippen MR) is 88.6 cm³/mol. The molecule has 1 N–H and O–H groups in total. The number of ether oxygens (including phenoxy) is 2. The molecule has 0 aromatic carbocycles. The maximum absolute atomic E-state index is 12.9. The highest BCUT2D eigenvalue weighted by Crippen LogP contribution is 2.27. The molecule has 1 amide bonds. The second kappa shape index (κ2) is 7.98. The van der Waals surface area contributed by atoms with Crippen molar-refractivity contribution >= 4 is 21.9 Å². The summed E-state index contributed by atoms with van der Waals surface area (Å²) in [7, 11) is 0.413. The Balaban J connectivity index is 2.23. The SMILES string of the molecule is COCCNC(=O)[C@H]1CCCN1S(=O)(=O)c1cc(C(=O)OC)n(C)c1. The van der Waals surface area contributed by atoms with Gasteiger partial charge in [0.2, 0.25) is 15.9 Å². The number of aromatic nitrogens is 1. The lowest BCUT2D eigenvalue weighted by atomic mass is 10.2. The van der Waals surface area contributed by atoms with E-state index < -0.39 is 22.0 Å². The molecule has 1 atom stereocenters. The molecule has 0 spiro atoms. The number of sulfonamides is 1. The number of amides is 1. The third kappa shape index (κ3) is 4.02. The van der Waals surface area contributed by atoms with Gasteiger partial charge in [-0.2, -0.15) is 4.31 Å². The van der Waals surface area contributed by atoms with Crippen LogP contribution in [-0.4, -0.2) is 69.1 Å².